The maximum Gasteiger partial charge on any atom is 0.261 e. The van der Waals surface area contributed by atoms with E-state index in [1.165, 1.54) is 18.2 Å². The van der Waals surface area contributed by atoms with Crippen LogP contribution in [-0.4, -0.2) is 8.42 Å². The van der Waals surface area contributed by atoms with Gasteiger partial charge in [-0.1, -0.05) is 22.0 Å². The molecule has 2 aromatic rings. The number of fused-ring (bicyclic) bond motifs is 1. The smallest absolute Gasteiger partial charge is 0.261 e. The van der Waals surface area contributed by atoms with Gasteiger partial charge in [-0.25, -0.2) is 12.8 Å². The molecule has 0 radical (unpaired) electrons. The predicted octanol–water partition coefficient (Wildman–Crippen LogP) is 2.99. The average molecular weight is 371 g/mol. The summed E-state index contributed by atoms with van der Waals surface area (Å²) in [5.41, 5.74) is 1.97. The van der Waals surface area contributed by atoms with Gasteiger partial charge in [0.15, 0.2) is 0 Å². The van der Waals surface area contributed by atoms with Crippen LogP contribution in [0.15, 0.2) is 45.8 Å². The van der Waals surface area contributed by atoms with Gasteiger partial charge >= 0.3 is 0 Å². The zero-order chi connectivity index (χ0) is 15.0. The number of nitrogens with one attached hydrogen (secondary N) is 2. The van der Waals surface area contributed by atoms with Crippen molar-refractivity contribution in [3.8, 4) is 0 Å². The third-order valence-corrected chi connectivity index (χ3v) is 5.15. The summed E-state index contributed by atoms with van der Waals surface area (Å²) in [5, 5.41) is 3.15. The van der Waals surface area contributed by atoms with Crippen molar-refractivity contribution in [2.24, 2.45) is 0 Å². The first-order valence-corrected chi connectivity index (χ1v) is 8.54. The van der Waals surface area contributed by atoms with Gasteiger partial charge in [0.25, 0.3) is 10.0 Å². The van der Waals surface area contributed by atoms with Crippen molar-refractivity contribution >= 4 is 31.6 Å². The Bertz CT molecular complexity index is 809. The summed E-state index contributed by atoms with van der Waals surface area (Å²) < 4.78 is 41.2. The molecule has 1 aliphatic heterocycles. The molecular formula is C14H12BrFN2O2S. The van der Waals surface area contributed by atoms with Crippen molar-refractivity contribution < 1.29 is 12.8 Å². The summed E-state index contributed by atoms with van der Waals surface area (Å²) in [5.74, 6) is -0.629. The second-order valence-corrected chi connectivity index (χ2v) is 7.36. The van der Waals surface area contributed by atoms with E-state index >= 15 is 0 Å². The molecule has 0 spiro atoms. The van der Waals surface area contributed by atoms with Crippen molar-refractivity contribution in [3.05, 3.63) is 57.8 Å². The number of benzene rings is 2. The Morgan fingerprint density at radius 2 is 1.86 bits per heavy atom. The summed E-state index contributed by atoms with van der Waals surface area (Å²) in [6.45, 7) is 1.38. The van der Waals surface area contributed by atoms with Crippen LogP contribution in [0.3, 0.4) is 0 Å². The lowest BCUT2D eigenvalue weighted by molar-refractivity contribution is 0.598. The second-order valence-electron chi connectivity index (χ2n) is 4.76. The molecule has 4 nitrogen and oxygen atoms in total. The fourth-order valence-electron chi connectivity index (χ4n) is 2.21. The van der Waals surface area contributed by atoms with Crippen LogP contribution < -0.4 is 10.0 Å². The summed E-state index contributed by atoms with van der Waals surface area (Å²) in [6.07, 6.45) is 0. The maximum atomic E-state index is 13.7. The van der Waals surface area contributed by atoms with Gasteiger partial charge in [0, 0.05) is 17.6 Å². The van der Waals surface area contributed by atoms with Crippen molar-refractivity contribution in [2.75, 3.05) is 4.72 Å². The van der Waals surface area contributed by atoms with Crippen LogP contribution in [0.4, 0.5) is 10.1 Å². The van der Waals surface area contributed by atoms with Crippen LogP contribution in [0, 0.1) is 5.82 Å². The molecule has 110 valence electrons. The molecule has 0 amide bonds. The molecule has 0 saturated heterocycles. The van der Waals surface area contributed by atoms with E-state index in [1.807, 2.05) is 0 Å². The minimum atomic E-state index is -3.80. The lowest BCUT2D eigenvalue weighted by atomic mass is 10.1. The zero-order valence-corrected chi connectivity index (χ0v) is 13.3. The summed E-state index contributed by atoms with van der Waals surface area (Å²) in [4.78, 5) is 0.132. The Kier molecular flexibility index (Phi) is 3.73. The first-order valence-electron chi connectivity index (χ1n) is 6.26. The lowest BCUT2D eigenvalue weighted by Crippen LogP contribution is -2.14. The maximum absolute atomic E-state index is 13.7. The van der Waals surface area contributed by atoms with Crippen LogP contribution >= 0.6 is 15.9 Å². The molecule has 0 unspecified atom stereocenters. The van der Waals surface area contributed by atoms with Crippen LogP contribution in [0.2, 0.25) is 0 Å². The highest BCUT2D eigenvalue weighted by atomic mass is 79.9. The number of hydrogen-bond acceptors (Lipinski definition) is 3. The van der Waals surface area contributed by atoms with Crippen molar-refractivity contribution in [1.82, 2.24) is 5.32 Å². The van der Waals surface area contributed by atoms with Gasteiger partial charge in [0.1, 0.15) is 5.82 Å². The Hall–Kier alpha value is -1.44. The summed E-state index contributed by atoms with van der Waals surface area (Å²) in [6, 6.07) is 9.10. The molecule has 7 heteroatoms. The van der Waals surface area contributed by atoms with E-state index in [9.17, 15) is 12.8 Å². The van der Waals surface area contributed by atoms with E-state index in [1.54, 1.807) is 18.2 Å². The van der Waals surface area contributed by atoms with Crippen molar-refractivity contribution in [3.63, 3.8) is 0 Å². The van der Waals surface area contributed by atoms with Gasteiger partial charge in [-0.15, -0.1) is 0 Å². The Labute approximate surface area is 130 Å². The Balaban J connectivity index is 1.93. The summed E-state index contributed by atoms with van der Waals surface area (Å²) >= 11 is 3.13. The van der Waals surface area contributed by atoms with Gasteiger partial charge in [0.2, 0.25) is 0 Å². The largest absolute Gasteiger partial charge is 0.309 e. The first kappa shape index (κ1) is 14.5. The Morgan fingerprint density at radius 1 is 1.10 bits per heavy atom. The topological polar surface area (TPSA) is 58.2 Å². The van der Waals surface area contributed by atoms with E-state index in [2.05, 4.69) is 26.0 Å². The van der Waals surface area contributed by atoms with Crippen LogP contribution in [0.1, 0.15) is 11.1 Å². The Morgan fingerprint density at radius 3 is 2.62 bits per heavy atom. The highest BCUT2D eigenvalue weighted by molar-refractivity contribution is 9.10. The first-order chi connectivity index (χ1) is 9.95. The number of hydrogen-bond donors (Lipinski definition) is 2. The van der Waals surface area contributed by atoms with Gasteiger partial charge in [-0.3, -0.25) is 4.72 Å². The van der Waals surface area contributed by atoms with E-state index in [-0.39, 0.29) is 10.6 Å². The predicted molar refractivity (Wildman–Crippen MR) is 81.9 cm³/mol. The monoisotopic (exact) mass is 370 g/mol. The molecule has 0 aromatic heterocycles. The molecule has 2 N–H and O–H groups in total. The van der Waals surface area contributed by atoms with Gasteiger partial charge in [-0.05, 0) is 41.5 Å². The van der Waals surface area contributed by atoms with Crippen LogP contribution in [-0.2, 0) is 23.1 Å². The van der Waals surface area contributed by atoms with Crippen molar-refractivity contribution in [1.29, 1.82) is 0 Å². The van der Waals surface area contributed by atoms with E-state index in [0.717, 1.165) is 17.7 Å². The molecule has 3 rings (SSSR count). The highest BCUT2D eigenvalue weighted by Gasteiger charge is 2.19. The molecule has 0 aliphatic carbocycles. The third-order valence-electron chi connectivity index (χ3n) is 3.29. The van der Waals surface area contributed by atoms with Gasteiger partial charge < -0.3 is 5.32 Å². The number of sulfonamides is 1. The molecule has 21 heavy (non-hydrogen) atoms. The highest BCUT2D eigenvalue weighted by Crippen LogP contribution is 2.24. The third kappa shape index (κ3) is 2.95. The minimum Gasteiger partial charge on any atom is -0.309 e. The van der Waals surface area contributed by atoms with Crippen LogP contribution in [0.5, 0.6) is 0 Å². The molecule has 1 aliphatic rings. The zero-order valence-electron chi connectivity index (χ0n) is 10.9. The van der Waals surface area contributed by atoms with Crippen molar-refractivity contribution in [2.45, 2.75) is 18.0 Å². The standard InChI is InChI=1S/C14H12BrFN2O2S/c15-11-2-4-14(13(16)6-11)18-21(19,20)12-3-1-9-7-17-8-10(9)5-12/h1-6,17-18H,7-8H2. The second kappa shape index (κ2) is 5.40. The molecule has 1 heterocycles. The fourth-order valence-corrected chi connectivity index (χ4v) is 3.66. The van der Waals surface area contributed by atoms with Gasteiger partial charge in [-0.2, -0.15) is 0 Å². The SMILES string of the molecule is O=S(=O)(Nc1ccc(Br)cc1F)c1ccc2c(c1)CNC2. The molecule has 0 fully saturated rings. The van der Waals surface area contributed by atoms with E-state index in [0.29, 0.717) is 11.0 Å². The molecule has 2 aromatic carbocycles. The van der Waals surface area contributed by atoms with E-state index in [4.69, 9.17) is 0 Å². The van der Waals surface area contributed by atoms with E-state index < -0.39 is 15.8 Å². The molecule has 0 atom stereocenters. The van der Waals surface area contributed by atoms with Gasteiger partial charge in [0.05, 0.1) is 10.6 Å². The summed E-state index contributed by atoms with van der Waals surface area (Å²) in [7, 11) is -3.80. The minimum absolute atomic E-state index is 0.0724. The van der Waals surface area contributed by atoms with Crippen LogP contribution in [0.25, 0.3) is 0 Å². The number of rotatable bonds is 3. The average Bonchev–Trinajstić information content (AvgIpc) is 2.89. The molecule has 0 saturated carbocycles. The quantitative estimate of drug-likeness (QED) is 0.872. The fraction of sp³-hybridized carbons (Fsp3) is 0.143. The molecule has 0 bridgehead atoms. The molecular weight excluding hydrogens is 359 g/mol. The number of halogens is 2. The normalized spacial score (nSPS) is 14.0. The lowest BCUT2D eigenvalue weighted by Gasteiger charge is -2.10. The number of anilines is 1.